The van der Waals surface area contributed by atoms with Gasteiger partial charge in [0.2, 0.25) is 5.88 Å². The van der Waals surface area contributed by atoms with E-state index in [2.05, 4.69) is 4.98 Å². The molecule has 1 saturated heterocycles. The molecule has 5 nitrogen and oxygen atoms in total. The van der Waals surface area contributed by atoms with Crippen LogP contribution in [0.4, 0.5) is 0 Å². The summed E-state index contributed by atoms with van der Waals surface area (Å²) in [5.74, 6) is 0.606. The van der Waals surface area contributed by atoms with Crippen molar-refractivity contribution in [3.8, 4) is 5.88 Å². The van der Waals surface area contributed by atoms with Crippen molar-refractivity contribution in [1.82, 2.24) is 9.88 Å². The van der Waals surface area contributed by atoms with E-state index in [4.69, 9.17) is 9.15 Å². The fraction of sp³-hybridized carbons (Fsp3) is 0.333. The van der Waals surface area contributed by atoms with Crippen LogP contribution in [-0.4, -0.2) is 35.0 Å². The lowest BCUT2D eigenvalue weighted by Crippen LogP contribution is -2.30. The predicted octanol–water partition coefficient (Wildman–Crippen LogP) is 2.28. The van der Waals surface area contributed by atoms with E-state index in [0.717, 1.165) is 12.1 Å². The maximum Gasteiger partial charge on any atom is 0.257 e. The molecule has 0 saturated carbocycles. The Morgan fingerprint density at radius 3 is 3.10 bits per heavy atom. The van der Waals surface area contributed by atoms with E-state index in [-0.39, 0.29) is 12.0 Å². The standard InChI is InChI=1S/C15H16N2O3/c1-11-3-2-4-14(16-11)20-13-5-7-17(9-13)15(18)12-6-8-19-10-12/h2-4,6,8,10,13H,5,7,9H2,1H3/t13-/m1/s1. The number of aryl methyl sites for hydroxylation is 1. The van der Waals surface area contributed by atoms with Gasteiger partial charge in [-0.1, -0.05) is 6.07 Å². The number of pyridine rings is 1. The number of hydrogen-bond acceptors (Lipinski definition) is 4. The minimum Gasteiger partial charge on any atom is -0.472 e. The second kappa shape index (κ2) is 5.36. The summed E-state index contributed by atoms with van der Waals surface area (Å²) >= 11 is 0. The summed E-state index contributed by atoms with van der Waals surface area (Å²) in [6, 6.07) is 7.36. The van der Waals surface area contributed by atoms with Gasteiger partial charge >= 0.3 is 0 Å². The molecule has 0 aliphatic carbocycles. The van der Waals surface area contributed by atoms with Crippen molar-refractivity contribution in [2.24, 2.45) is 0 Å². The molecule has 1 aliphatic heterocycles. The fourth-order valence-corrected chi connectivity index (χ4v) is 2.33. The summed E-state index contributed by atoms with van der Waals surface area (Å²) in [7, 11) is 0. The number of nitrogens with zero attached hydrogens (tertiary/aromatic N) is 2. The molecule has 1 aliphatic rings. The fourth-order valence-electron chi connectivity index (χ4n) is 2.33. The summed E-state index contributed by atoms with van der Waals surface area (Å²) in [6.45, 7) is 3.20. The highest BCUT2D eigenvalue weighted by Crippen LogP contribution is 2.18. The zero-order valence-electron chi connectivity index (χ0n) is 11.3. The molecule has 104 valence electrons. The lowest BCUT2D eigenvalue weighted by Gasteiger charge is -2.16. The van der Waals surface area contributed by atoms with Crippen LogP contribution in [0.2, 0.25) is 0 Å². The highest BCUT2D eigenvalue weighted by molar-refractivity contribution is 5.94. The first-order valence-electron chi connectivity index (χ1n) is 6.64. The van der Waals surface area contributed by atoms with E-state index in [1.54, 1.807) is 11.0 Å². The number of carbonyl (C=O) groups is 1. The monoisotopic (exact) mass is 272 g/mol. The van der Waals surface area contributed by atoms with Crippen molar-refractivity contribution in [3.63, 3.8) is 0 Å². The number of aromatic nitrogens is 1. The molecule has 0 radical (unpaired) electrons. The third-order valence-electron chi connectivity index (χ3n) is 3.35. The molecule has 0 N–H and O–H groups in total. The molecular formula is C15H16N2O3. The topological polar surface area (TPSA) is 55.6 Å². The first-order chi connectivity index (χ1) is 9.72. The smallest absolute Gasteiger partial charge is 0.257 e. The van der Waals surface area contributed by atoms with Crippen LogP contribution >= 0.6 is 0 Å². The van der Waals surface area contributed by atoms with E-state index < -0.39 is 0 Å². The van der Waals surface area contributed by atoms with Crippen LogP contribution in [0.1, 0.15) is 22.5 Å². The van der Waals surface area contributed by atoms with Crippen molar-refractivity contribution in [1.29, 1.82) is 0 Å². The Morgan fingerprint density at radius 1 is 1.45 bits per heavy atom. The minimum atomic E-state index is -0.0120. The third-order valence-corrected chi connectivity index (χ3v) is 3.35. The molecule has 20 heavy (non-hydrogen) atoms. The Kier molecular flexibility index (Phi) is 3.41. The van der Waals surface area contributed by atoms with Gasteiger partial charge < -0.3 is 14.1 Å². The molecule has 1 fully saturated rings. The van der Waals surface area contributed by atoms with Gasteiger partial charge in [-0.3, -0.25) is 4.79 Å². The number of rotatable bonds is 3. The number of ether oxygens (including phenoxy) is 1. The molecular weight excluding hydrogens is 256 g/mol. The number of likely N-dealkylation sites (tertiary alicyclic amines) is 1. The van der Waals surface area contributed by atoms with Crippen LogP contribution < -0.4 is 4.74 Å². The van der Waals surface area contributed by atoms with Gasteiger partial charge in [-0.2, -0.15) is 0 Å². The summed E-state index contributed by atoms with van der Waals surface area (Å²) in [5, 5.41) is 0. The van der Waals surface area contributed by atoms with E-state index in [1.807, 2.05) is 25.1 Å². The maximum absolute atomic E-state index is 12.2. The van der Waals surface area contributed by atoms with Crippen LogP contribution in [0, 0.1) is 6.92 Å². The molecule has 2 aromatic heterocycles. The van der Waals surface area contributed by atoms with Gasteiger partial charge in [0.25, 0.3) is 5.91 Å². The first-order valence-corrected chi connectivity index (χ1v) is 6.64. The largest absolute Gasteiger partial charge is 0.472 e. The Hall–Kier alpha value is -2.30. The van der Waals surface area contributed by atoms with Crippen molar-refractivity contribution < 1.29 is 13.9 Å². The van der Waals surface area contributed by atoms with Crippen molar-refractivity contribution in [2.75, 3.05) is 13.1 Å². The second-order valence-electron chi connectivity index (χ2n) is 4.91. The molecule has 3 heterocycles. The van der Waals surface area contributed by atoms with Gasteiger partial charge in [-0.15, -0.1) is 0 Å². The lowest BCUT2D eigenvalue weighted by molar-refractivity contribution is 0.0770. The first kappa shape index (κ1) is 12.7. The number of hydrogen-bond donors (Lipinski definition) is 0. The van der Waals surface area contributed by atoms with E-state index >= 15 is 0 Å². The Bertz CT molecular complexity index is 595. The number of furan rings is 1. The Labute approximate surface area is 117 Å². The summed E-state index contributed by atoms with van der Waals surface area (Å²) in [5.41, 5.74) is 1.51. The summed E-state index contributed by atoms with van der Waals surface area (Å²) in [6.07, 6.45) is 3.80. The van der Waals surface area contributed by atoms with Crippen molar-refractivity contribution >= 4 is 5.91 Å². The van der Waals surface area contributed by atoms with Crippen LogP contribution in [0.25, 0.3) is 0 Å². The molecule has 3 rings (SSSR count). The Morgan fingerprint density at radius 2 is 2.35 bits per heavy atom. The van der Waals surface area contributed by atoms with Crippen molar-refractivity contribution in [3.05, 3.63) is 48.0 Å². The van der Waals surface area contributed by atoms with Gasteiger partial charge in [0.1, 0.15) is 12.4 Å². The van der Waals surface area contributed by atoms with Gasteiger partial charge in [0, 0.05) is 24.7 Å². The van der Waals surface area contributed by atoms with Crippen molar-refractivity contribution in [2.45, 2.75) is 19.4 Å². The Balaban J connectivity index is 1.61. The van der Waals surface area contributed by atoms with E-state index in [0.29, 0.717) is 24.5 Å². The van der Waals surface area contributed by atoms with Gasteiger partial charge in [0.15, 0.2) is 0 Å². The third kappa shape index (κ3) is 2.66. The molecule has 5 heteroatoms. The molecule has 0 spiro atoms. The summed E-state index contributed by atoms with van der Waals surface area (Å²) < 4.78 is 10.8. The molecule has 1 amide bonds. The highest BCUT2D eigenvalue weighted by atomic mass is 16.5. The maximum atomic E-state index is 12.2. The summed E-state index contributed by atoms with van der Waals surface area (Å²) in [4.78, 5) is 18.3. The van der Waals surface area contributed by atoms with Gasteiger partial charge in [-0.05, 0) is 19.1 Å². The second-order valence-corrected chi connectivity index (χ2v) is 4.91. The van der Waals surface area contributed by atoms with E-state index in [9.17, 15) is 4.79 Å². The lowest BCUT2D eigenvalue weighted by atomic mass is 10.3. The quantitative estimate of drug-likeness (QED) is 0.860. The predicted molar refractivity (Wildman–Crippen MR) is 72.6 cm³/mol. The van der Waals surface area contributed by atoms with Crippen LogP contribution in [0.3, 0.4) is 0 Å². The normalized spacial score (nSPS) is 18.2. The molecule has 0 aromatic carbocycles. The molecule has 0 unspecified atom stereocenters. The van der Waals surface area contributed by atoms with E-state index in [1.165, 1.54) is 12.5 Å². The van der Waals surface area contributed by atoms with Crippen LogP contribution in [0.5, 0.6) is 5.88 Å². The van der Waals surface area contributed by atoms with Crippen LogP contribution in [-0.2, 0) is 0 Å². The number of carbonyl (C=O) groups excluding carboxylic acids is 1. The van der Waals surface area contributed by atoms with Crippen LogP contribution in [0.15, 0.2) is 41.2 Å². The minimum absolute atomic E-state index is 0.000140. The average molecular weight is 272 g/mol. The molecule has 1 atom stereocenters. The SMILES string of the molecule is Cc1cccc(O[C@@H]2CCN(C(=O)c3ccoc3)C2)n1. The molecule has 0 bridgehead atoms. The van der Waals surface area contributed by atoms with Gasteiger partial charge in [-0.25, -0.2) is 4.98 Å². The zero-order valence-corrected chi connectivity index (χ0v) is 11.3. The number of amides is 1. The molecule has 2 aromatic rings. The highest BCUT2D eigenvalue weighted by Gasteiger charge is 2.28. The zero-order chi connectivity index (χ0) is 13.9. The average Bonchev–Trinajstić information content (AvgIpc) is 3.09. The van der Waals surface area contributed by atoms with Gasteiger partial charge in [0.05, 0.1) is 18.4 Å².